The molecule has 0 saturated carbocycles. The summed E-state index contributed by atoms with van der Waals surface area (Å²) in [5.74, 6) is 0.439. The zero-order chi connectivity index (χ0) is 18.0. The average Bonchev–Trinajstić information content (AvgIpc) is 3.05. The highest BCUT2D eigenvalue weighted by molar-refractivity contribution is 6.33. The third kappa shape index (κ3) is 3.51. The molecule has 0 N–H and O–H groups in total. The SMILES string of the molecule is CCCN1CC(=O)N(Cc2nc(-c3ccccc3Cl)no2)[C@@H](C)C1=O. The fourth-order valence-electron chi connectivity index (χ4n) is 2.85. The van der Waals surface area contributed by atoms with Crippen LogP contribution in [0.5, 0.6) is 0 Å². The van der Waals surface area contributed by atoms with Gasteiger partial charge in [-0.3, -0.25) is 9.59 Å². The fourth-order valence-corrected chi connectivity index (χ4v) is 3.07. The number of nitrogens with zero attached hydrogens (tertiary/aromatic N) is 4. The Morgan fingerprint density at radius 2 is 2.08 bits per heavy atom. The number of rotatable bonds is 5. The number of aromatic nitrogens is 2. The lowest BCUT2D eigenvalue weighted by atomic mass is 10.1. The van der Waals surface area contributed by atoms with Crippen LogP contribution in [0.2, 0.25) is 5.02 Å². The van der Waals surface area contributed by atoms with Crippen LogP contribution >= 0.6 is 11.6 Å². The molecule has 3 rings (SSSR count). The number of benzene rings is 1. The largest absolute Gasteiger partial charge is 0.337 e. The number of carbonyl (C=O) groups excluding carboxylic acids is 2. The van der Waals surface area contributed by atoms with E-state index in [1.165, 1.54) is 4.90 Å². The first-order valence-corrected chi connectivity index (χ1v) is 8.54. The zero-order valence-electron chi connectivity index (χ0n) is 14.1. The molecule has 7 nitrogen and oxygen atoms in total. The van der Waals surface area contributed by atoms with Gasteiger partial charge in [0.2, 0.25) is 23.5 Å². The molecule has 0 unspecified atom stereocenters. The van der Waals surface area contributed by atoms with Crippen molar-refractivity contribution in [3.63, 3.8) is 0 Å². The molecule has 2 amide bonds. The van der Waals surface area contributed by atoms with Crippen LogP contribution in [-0.4, -0.2) is 50.9 Å². The summed E-state index contributed by atoms with van der Waals surface area (Å²) in [6, 6.07) is 6.62. The molecule has 2 heterocycles. The first kappa shape index (κ1) is 17.4. The van der Waals surface area contributed by atoms with Gasteiger partial charge in [0, 0.05) is 12.1 Å². The molecule has 132 valence electrons. The van der Waals surface area contributed by atoms with E-state index in [1.807, 2.05) is 19.1 Å². The Kier molecular flexibility index (Phi) is 5.03. The second kappa shape index (κ2) is 7.23. The van der Waals surface area contributed by atoms with Crippen molar-refractivity contribution < 1.29 is 14.1 Å². The molecule has 0 radical (unpaired) electrons. The van der Waals surface area contributed by atoms with Gasteiger partial charge < -0.3 is 14.3 Å². The van der Waals surface area contributed by atoms with Crippen LogP contribution < -0.4 is 0 Å². The molecule has 1 saturated heterocycles. The molecule has 1 aromatic carbocycles. The zero-order valence-corrected chi connectivity index (χ0v) is 14.9. The molecule has 0 aliphatic carbocycles. The lowest BCUT2D eigenvalue weighted by Gasteiger charge is -2.37. The maximum Gasteiger partial charge on any atom is 0.246 e. The second-order valence-electron chi connectivity index (χ2n) is 5.95. The van der Waals surface area contributed by atoms with Crippen molar-refractivity contribution in [2.45, 2.75) is 32.9 Å². The predicted octanol–water partition coefficient (Wildman–Crippen LogP) is 2.36. The highest BCUT2D eigenvalue weighted by Crippen LogP contribution is 2.25. The highest BCUT2D eigenvalue weighted by Gasteiger charge is 2.36. The lowest BCUT2D eigenvalue weighted by Crippen LogP contribution is -2.58. The minimum Gasteiger partial charge on any atom is -0.337 e. The van der Waals surface area contributed by atoms with Crippen molar-refractivity contribution in [1.29, 1.82) is 0 Å². The van der Waals surface area contributed by atoms with Gasteiger partial charge in [0.05, 0.1) is 11.6 Å². The molecule has 1 aromatic heterocycles. The van der Waals surface area contributed by atoms with Gasteiger partial charge in [-0.2, -0.15) is 4.98 Å². The molecule has 1 atom stereocenters. The van der Waals surface area contributed by atoms with Crippen molar-refractivity contribution in [2.75, 3.05) is 13.1 Å². The van der Waals surface area contributed by atoms with Crippen molar-refractivity contribution >= 4 is 23.4 Å². The van der Waals surface area contributed by atoms with Gasteiger partial charge in [-0.15, -0.1) is 0 Å². The normalized spacial score (nSPS) is 18.1. The van der Waals surface area contributed by atoms with Gasteiger partial charge >= 0.3 is 0 Å². The van der Waals surface area contributed by atoms with E-state index in [1.54, 1.807) is 24.0 Å². The highest BCUT2D eigenvalue weighted by atomic mass is 35.5. The Hall–Kier alpha value is -2.41. The average molecular weight is 363 g/mol. The summed E-state index contributed by atoms with van der Waals surface area (Å²) in [7, 11) is 0. The van der Waals surface area contributed by atoms with E-state index in [9.17, 15) is 9.59 Å². The molecule has 0 bridgehead atoms. The number of piperazine rings is 1. The third-order valence-electron chi connectivity index (χ3n) is 4.17. The Labute approximate surface area is 150 Å². The monoisotopic (exact) mass is 362 g/mol. The quantitative estimate of drug-likeness (QED) is 0.815. The first-order valence-electron chi connectivity index (χ1n) is 8.17. The molecule has 1 aliphatic rings. The number of carbonyl (C=O) groups is 2. The Balaban J connectivity index is 1.76. The van der Waals surface area contributed by atoms with Crippen LogP contribution in [0.15, 0.2) is 28.8 Å². The van der Waals surface area contributed by atoms with E-state index in [2.05, 4.69) is 10.1 Å². The summed E-state index contributed by atoms with van der Waals surface area (Å²) in [6.45, 7) is 4.46. The van der Waals surface area contributed by atoms with E-state index < -0.39 is 6.04 Å². The van der Waals surface area contributed by atoms with E-state index in [0.717, 1.165) is 6.42 Å². The van der Waals surface area contributed by atoms with Crippen LogP contribution in [0.4, 0.5) is 0 Å². The summed E-state index contributed by atoms with van der Waals surface area (Å²) in [5.41, 5.74) is 0.655. The van der Waals surface area contributed by atoms with E-state index >= 15 is 0 Å². The number of amides is 2. The van der Waals surface area contributed by atoms with E-state index in [4.69, 9.17) is 16.1 Å². The summed E-state index contributed by atoms with van der Waals surface area (Å²) < 4.78 is 5.24. The summed E-state index contributed by atoms with van der Waals surface area (Å²) in [5, 5.41) is 4.44. The standard InChI is InChI=1S/C17H19ClN4O3/c1-3-8-21-10-15(23)22(11(2)17(21)24)9-14-19-16(20-25-14)12-6-4-5-7-13(12)18/h4-7,11H,3,8-10H2,1-2H3/t11-/m0/s1. The van der Waals surface area contributed by atoms with E-state index in [0.29, 0.717) is 23.0 Å². The van der Waals surface area contributed by atoms with Gasteiger partial charge in [0.25, 0.3) is 0 Å². The minimum absolute atomic E-state index is 0.0627. The molecule has 2 aromatic rings. The number of halogens is 1. The Bertz CT molecular complexity index is 792. The van der Waals surface area contributed by atoms with Crippen molar-refractivity contribution in [3.05, 3.63) is 35.2 Å². The van der Waals surface area contributed by atoms with Crippen LogP contribution in [0, 0.1) is 0 Å². The summed E-state index contributed by atoms with van der Waals surface area (Å²) in [4.78, 5) is 32.1. The minimum atomic E-state index is -0.552. The van der Waals surface area contributed by atoms with Gasteiger partial charge in [-0.25, -0.2) is 0 Å². The first-order chi connectivity index (χ1) is 12.0. The van der Waals surface area contributed by atoms with E-state index in [-0.39, 0.29) is 30.8 Å². The Morgan fingerprint density at radius 3 is 2.80 bits per heavy atom. The number of hydrogen-bond donors (Lipinski definition) is 0. The van der Waals surface area contributed by atoms with Crippen LogP contribution in [-0.2, 0) is 16.1 Å². The van der Waals surface area contributed by atoms with Crippen molar-refractivity contribution in [3.8, 4) is 11.4 Å². The molecule has 8 heteroatoms. The van der Waals surface area contributed by atoms with Crippen LogP contribution in [0.3, 0.4) is 0 Å². The fraction of sp³-hybridized carbons (Fsp3) is 0.412. The van der Waals surface area contributed by atoms with Gasteiger partial charge in [0.15, 0.2) is 0 Å². The topological polar surface area (TPSA) is 79.5 Å². The summed E-state index contributed by atoms with van der Waals surface area (Å²) in [6.07, 6.45) is 0.816. The molecule has 25 heavy (non-hydrogen) atoms. The van der Waals surface area contributed by atoms with Crippen LogP contribution in [0.25, 0.3) is 11.4 Å². The van der Waals surface area contributed by atoms with Gasteiger partial charge in [0.1, 0.15) is 12.6 Å². The molecular weight excluding hydrogens is 344 g/mol. The van der Waals surface area contributed by atoms with Crippen molar-refractivity contribution in [1.82, 2.24) is 19.9 Å². The predicted molar refractivity (Wildman–Crippen MR) is 91.6 cm³/mol. The molecular formula is C17H19ClN4O3. The van der Waals surface area contributed by atoms with Crippen molar-refractivity contribution in [2.24, 2.45) is 0 Å². The molecule has 1 aliphatic heterocycles. The molecule has 0 spiro atoms. The Morgan fingerprint density at radius 1 is 1.32 bits per heavy atom. The maximum atomic E-state index is 12.4. The van der Waals surface area contributed by atoms with Crippen LogP contribution in [0.1, 0.15) is 26.2 Å². The third-order valence-corrected chi connectivity index (χ3v) is 4.49. The number of hydrogen-bond acceptors (Lipinski definition) is 5. The second-order valence-corrected chi connectivity index (χ2v) is 6.36. The smallest absolute Gasteiger partial charge is 0.246 e. The molecule has 1 fully saturated rings. The van der Waals surface area contributed by atoms with Gasteiger partial charge in [-0.05, 0) is 25.5 Å². The maximum absolute atomic E-state index is 12.4. The summed E-state index contributed by atoms with van der Waals surface area (Å²) >= 11 is 6.13. The van der Waals surface area contributed by atoms with Gasteiger partial charge in [-0.1, -0.05) is 35.8 Å². The lowest BCUT2D eigenvalue weighted by molar-refractivity contribution is -0.156.